The minimum Gasteiger partial charge on any atom is -0.493 e. The van der Waals surface area contributed by atoms with E-state index >= 15 is 0 Å². The Balaban J connectivity index is 0.00000132. The lowest BCUT2D eigenvalue weighted by molar-refractivity contribution is -0.136. The number of benzene rings is 2. The molecule has 1 aromatic heterocycles. The third-order valence-electron chi connectivity index (χ3n) is 5.00. The van der Waals surface area contributed by atoms with Crippen LogP contribution in [0.15, 0.2) is 65.4 Å². The minimum atomic E-state index is -0.779. The van der Waals surface area contributed by atoms with Gasteiger partial charge in [-0.15, -0.1) is 11.3 Å². The molecule has 2 heterocycles. The molecule has 2 aromatic carbocycles. The van der Waals surface area contributed by atoms with Gasteiger partial charge >= 0.3 is 5.97 Å². The van der Waals surface area contributed by atoms with E-state index in [0.29, 0.717) is 13.0 Å². The quantitative estimate of drug-likeness (QED) is 0.463. The number of aliphatic carboxylic acids is 1. The highest BCUT2D eigenvalue weighted by molar-refractivity contribution is 7.17. The number of aliphatic hydroxyl groups excluding tert-OH is 1. The van der Waals surface area contributed by atoms with Crippen LogP contribution in [-0.4, -0.2) is 29.9 Å². The molecular weight excluding hydrogens is 414 g/mol. The number of thiophene rings is 1. The Kier molecular flexibility index (Phi) is 7.92. The lowest BCUT2D eigenvalue weighted by atomic mass is 10.1. The van der Waals surface area contributed by atoms with Crippen LogP contribution in [0, 0.1) is 0 Å². The van der Waals surface area contributed by atoms with Gasteiger partial charge in [0.2, 0.25) is 0 Å². The van der Waals surface area contributed by atoms with Gasteiger partial charge in [-0.3, -0.25) is 4.79 Å². The van der Waals surface area contributed by atoms with Crippen LogP contribution in [0.25, 0.3) is 10.1 Å². The standard InChI is InChI=1S/C23H23NO4S.CH4O/c1-15-19(24-23(28-15)17-5-3-2-4-6-17)11-13-27-20-9-7-16(8-10-21(25)26)22-18(20)12-14-29-22;1-2/h2-7,9,12,14,23-24H,8,10-11,13H2,1H3,(H,25,26);2H,1H3. The molecule has 0 saturated heterocycles. The minimum absolute atomic E-state index is 0.134. The van der Waals surface area contributed by atoms with Crippen molar-refractivity contribution in [2.24, 2.45) is 0 Å². The van der Waals surface area contributed by atoms with Crippen molar-refractivity contribution in [3.63, 3.8) is 0 Å². The van der Waals surface area contributed by atoms with E-state index in [1.807, 2.05) is 60.8 Å². The van der Waals surface area contributed by atoms with E-state index in [-0.39, 0.29) is 12.6 Å². The number of carboxylic acid groups (broad SMARTS) is 1. The number of rotatable bonds is 8. The monoisotopic (exact) mass is 441 g/mol. The molecule has 7 heteroatoms. The first-order chi connectivity index (χ1) is 15.1. The Morgan fingerprint density at radius 3 is 2.65 bits per heavy atom. The van der Waals surface area contributed by atoms with Crippen molar-refractivity contribution in [3.05, 3.63) is 76.5 Å². The first kappa shape index (κ1) is 22.7. The Morgan fingerprint density at radius 1 is 1.13 bits per heavy atom. The molecule has 0 bridgehead atoms. The number of carbonyl (C=O) groups is 1. The van der Waals surface area contributed by atoms with E-state index in [2.05, 4.69) is 5.32 Å². The molecule has 0 aliphatic carbocycles. The molecule has 0 saturated carbocycles. The zero-order valence-corrected chi connectivity index (χ0v) is 18.4. The van der Waals surface area contributed by atoms with Crippen molar-refractivity contribution < 1.29 is 24.5 Å². The fraction of sp³-hybridized carbons (Fsp3) is 0.292. The zero-order chi connectivity index (χ0) is 22.2. The van der Waals surface area contributed by atoms with Crippen molar-refractivity contribution in [2.75, 3.05) is 13.7 Å². The average molecular weight is 442 g/mol. The van der Waals surface area contributed by atoms with Crippen LogP contribution in [-0.2, 0) is 16.0 Å². The van der Waals surface area contributed by atoms with Gasteiger partial charge in [-0.2, -0.15) is 0 Å². The predicted octanol–water partition coefficient (Wildman–Crippen LogP) is 4.85. The highest BCUT2D eigenvalue weighted by Crippen LogP contribution is 2.34. The molecule has 3 aromatic rings. The highest BCUT2D eigenvalue weighted by Gasteiger charge is 2.23. The van der Waals surface area contributed by atoms with Gasteiger partial charge in [0.1, 0.15) is 11.5 Å². The first-order valence-corrected chi connectivity index (χ1v) is 11.0. The van der Waals surface area contributed by atoms with E-state index in [4.69, 9.17) is 19.7 Å². The normalized spacial score (nSPS) is 15.1. The van der Waals surface area contributed by atoms with Crippen LogP contribution in [0.4, 0.5) is 0 Å². The van der Waals surface area contributed by atoms with Gasteiger partial charge in [0, 0.05) is 35.6 Å². The maximum atomic E-state index is 10.9. The van der Waals surface area contributed by atoms with Gasteiger partial charge in [-0.1, -0.05) is 36.4 Å². The van der Waals surface area contributed by atoms with E-state index in [1.165, 1.54) is 0 Å². The average Bonchev–Trinajstić information content (AvgIpc) is 3.42. The third kappa shape index (κ3) is 5.57. The van der Waals surface area contributed by atoms with E-state index in [0.717, 1.165) is 51.9 Å². The number of carboxylic acids is 1. The lowest BCUT2D eigenvalue weighted by Gasteiger charge is -2.13. The number of ether oxygens (including phenoxy) is 2. The molecule has 164 valence electrons. The number of fused-ring (bicyclic) bond motifs is 1. The molecule has 1 atom stereocenters. The maximum Gasteiger partial charge on any atom is 0.303 e. The number of hydrogen-bond acceptors (Lipinski definition) is 6. The Hall–Kier alpha value is -3.03. The first-order valence-electron chi connectivity index (χ1n) is 10.1. The van der Waals surface area contributed by atoms with Crippen LogP contribution in [0.5, 0.6) is 5.75 Å². The number of allylic oxidation sites excluding steroid dienone is 1. The van der Waals surface area contributed by atoms with Crippen LogP contribution in [0.2, 0.25) is 0 Å². The van der Waals surface area contributed by atoms with Crippen LogP contribution in [0.1, 0.15) is 37.1 Å². The van der Waals surface area contributed by atoms with Crippen molar-refractivity contribution in [3.8, 4) is 5.75 Å². The smallest absolute Gasteiger partial charge is 0.303 e. The molecule has 3 N–H and O–H groups in total. The fourth-order valence-electron chi connectivity index (χ4n) is 3.49. The van der Waals surface area contributed by atoms with Crippen molar-refractivity contribution >= 4 is 27.4 Å². The van der Waals surface area contributed by atoms with Crippen LogP contribution < -0.4 is 10.1 Å². The van der Waals surface area contributed by atoms with Gasteiger partial charge in [0.15, 0.2) is 6.23 Å². The topological polar surface area (TPSA) is 88.0 Å². The molecular formula is C24H27NO5S. The molecule has 0 radical (unpaired) electrons. The number of aryl methyl sites for hydroxylation is 1. The summed E-state index contributed by atoms with van der Waals surface area (Å²) in [5, 5.41) is 22.4. The summed E-state index contributed by atoms with van der Waals surface area (Å²) in [5.74, 6) is 0.947. The SMILES string of the molecule is CC1=C(CCOc2ccc(CCC(=O)O)c3sccc23)NC(c2ccccc2)O1.CO. The summed E-state index contributed by atoms with van der Waals surface area (Å²) in [6, 6.07) is 16.0. The molecule has 4 rings (SSSR count). The van der Waals surface area contributed by atoms with Crippen LogP contribution in [0.3, 0.4) is 0 Å². The zero-order valence-electron chi connectivity index (χ0n) is 17.6. The molecule has 31 heavy (non-hydrogen) atoms. The number of nitrogens with one attached hydrogen (secondary N) is 1. The summed E-state index contributed by atoms with van der Waals surface area (Å²) in [5.41, 5.74) is 3.21. The molecule has 6 nitrogen and oxygen atoms in total. The third-order valence-corrected chi connectivity index (χ3v) is 5.99. The Morgan fingerprint density at radius 2 is 1.90 bits per heavy atom. The number of aliphatic hydroxyl groups is 1. The molecule has 0 spiro atoms. The van der Waals surface area contributed by atoms with Gasteiger partial charge < -0.3 is 25.0 Å². The lowest BCUT2D eigenvalue weighted by Crippen LogP contribution is -2.16. The van der Waals surface area contributed by atoms with Gasteiger partial charge in [-0.05, 0) is 36.4 Å². The van der Waals surface area contributed by atoms with Crippen LogP contribution >= 0.6 is 11.3 Å². The molecule has 1 aliphatic rings. The summed E-state index contributed by atoms with van der Waals surface area (Å²) in [7, 11) is 1.00. The summed E-state index contributed by atoms with van der Waals surface area (Å²) in [4.78, 5) is 10.9. The molecule has 1 aliphatic heterocycles. The second-order valence-corrected chi connectivity index (χ2v) is 7.88. The maximum absolute atomic E-state index is 10.9. The molecule has 0 fully saturated rings. The summed E-state index contributed by atoms with van der Waals surface area (Å²) >= 11 is 1.62. The van der Waals surface area contributed by atoms with Crippen molar-refractivity contribution in [1.82, 2.24) is 5.32 Å². The number of hydrogen-bond donors (Lipinski definition) is 3. The van der Waals surface area contributed by atoms with Crippen molar-refractivity contribution in [2.45, 2.75) is 32.4 Å². The summed E-state index contributed by atoms with van der Waals surface area (Å²) in [6.07, 6.45) is 1.24. The van der Waals surface area contributed by atoms with Crippen molar-refractivity contribution in [1.29, 1.82) is 0 Å². The van der Waals surface area contributed by atoms with E-state index in [9.17, 15) is 4.79 Å². The fourth-order valence-corrected chi connectivity index (χ4v) is 4.44. The Bertz CT molecular complexity index is 1040. The summed E-state index contributed by atoms with van der Waals surface area (Å²) in [6.45, 7) is 2.50. The highest BCUT2D eigenvalue weighted by atomic mass is 32.1. The molecule has 1 unspecified atom stereocenters. The Labute approximate surface area is 185 Å². The summed E-state index contributed by atoms with van der Waals surface area (Å²) < 4.78 is 13.1. The second-order valence-electron chi connectivity index (χ2n) is 6.97. The van der Waals surface area contributed by atoms with E-state index < -0.39 is 5.97 Å². The molecule has 0 amide bonds. The predicted molar refractivity (Wildman–Crippen MR) is 122 cm³/mol. The van der Waals surface area contributed by atoms with E-state index in [1.54, 1.807) is 11.3 Å². The second kappa shape index (κ2) is 10.8. The largest absolute Gasteiger partial charge is 0.493 e. The van der Waals surface area contributed by atoms with Gasteiger partial charge in [-0.25, -0.2) is 0 Å². The van der Waals surface area contributed by atoms with Gasteiger partial charge in [0.25, 0.3) is 0 Å². The van der Waals surface area contributed by atoms with Gasteiger partial charge in [0.05, 0.1) is 12.3 Å².